The van der Waals surface area contributed by atoms with Crippen molar-refractivity contribution in [3.8, 4) is 16.9 Å². The van der Waals surface area contributed by atoms with Crippen molar-refractivity contribution in [3.05, 3.63) is 65.0 Å². The Morgan fingerprint density at radius 1 is 1.09 bits per heavy atom. The van der Waals surface area contributed by atoms with Gasteiger partial charge in [0.15, 0.2) is 0 Å². The van der Waals surface area contributed by atoms with Crippen molar-refractivity contribution in [1.82, 2.24) is 9.97 Å². The average Bonchev–Trinajstić information content (AvgIpc) is 2.77. The van der Waals surface area contributed by atoms with Crippen LogP contribution in [0, 0.1) is 13.8 Å². The summed E-state index contributed by atoms with van der Waals surface area (Å²) in [6.07, 6.45) is 3.68. The first-order chi connectivity index (χ1) is 15.8. The van der Waals surface area contributed by atoms with E-state index in [1.807, 2.05) is 13.1 Å². The molecule has 0 radical (unpaired) electrons. The second-order valence-electron chi connectivity index (χ2n) is 10.0. The van der Waals surface area contributed by atoms with Gasteiger partial charge in [0.1, 0.15) is 5.75 Å². The van der Waals surface area contributed by atoms with Gasteiger partial charge in [0.2, 0.25) is 0 Å². The SMILES string of the molecule is CC[C@@H](OC(C)(C)C)c1c(C)cc2nc(C)ccc2c1-c1ccc2c3c(ccnc13)CCO2. The predicted octanol–water partition coefficient (Wildman–Crippen LogP) is 7.27. The topological polar surface area (TPSA) is 44.2 Å². The molecule has 0 aliphatic carbocycles. The maximum atomic E-state index is 6.62. The molecule has 0 saturated heterocycles. The summed E-state index contributed by atoms with van der Waals surface area (Å²) in [5.41, 5.74) is 8.78. The number of aryl methyl sites for hydroxylation is 2. The van der Waals surface area contributed by atoms with Crippen molar-refractivity contribution in [2.24, 2.45) is 0 Å². The summed E-state index contributed by atoms with van der Waals surface area (Å²) in [6.45, 7) is 13.5. The Bertz CT molecular complexity index is 1360. The Morgan fingerprint density at radius 2 is 1.91 bits per heavy atom. The fourth-order valence-corrected chi connectivity index (χ4v) is 5.11. The first kappa shape index (κ1) is 21.8. The molecule has 0 bridgehead atoms. The lowest BCUT2D eigenvalue weighted by Crippen LogP contribution is -2.23. The minimum Gasteiger partial charge on any atom is -0.493 e. The molecule has 4 aromatic rings. The van der Waals surface area contributed by atoms with E-state index < -0.39 is 0 Å². The van der Waals surface area contributed by atoms with Crippen LogP contribution in [0.5, 0.6) is 5.75 Å². The number of benzene rings is 2. The third kappa shape index (κ3) is 3.87. The van der Waals surface area contributed by atoms with E-state index >= 15 is 0 Å². The molecule has 0 spiro atoms. The molecule has 1 aliphatic rings. The number of aromatic nitrogens is 2. The highest BCUT2D eigenvalue weighted by molar-refractivity contribution is 6.07. The van der Waals surface area contributed by atoms with Gasteiger partial charge in [-0.25, -0.2) is 0 Å². The highest BCUT2D eigenvalue weighted by Gasteiger charge is 2.27. The number of ether oxygens (including phenoxy) is 2. The van der Waals surface area contributed by atoms with E-state index in [0.29, 0.717) is 6.61 Å². The Balaban J connectivity index is 1.89. The van der Waals surface area contributed by atoms with Crippen LogP contribution in [-0.4, -0.2) is 22.2 Å². The number of nitrogens with zero attached hydrogens (tertiary/aromatic N) is 2. The monoisotopic (exact) mass is 440 g/mol. The van der Waals surface area contributed by atoms with Crippen LogP contribution in [0.25, 0.3) is 32.9 Å². The van der Waals surface area contributed by atoms with Crippen molar-refractivity contribution in [3.63, 3.8) is 0 Å². The van der Waals surface area contributed by atoms with Crippen molar-refractivity contribution >= 4 is 21.8 Å². The van der Waals surface area contributed by atoms with Crippen LogP contribution < -0.4 is 4.74 Å². The molecule has 1 atom stereocenters. The van der Waals surface area contributed by atoms with Crippen molar-refractivity contribution in [1.29, 1.82) is 0 Å². The highest BCUT2D eigenvalue weighted by atomic mass is 16.5. The zero-order chi connectivity index (χ0) is 23.3. The molecule has 3 heterocycles. The molecule has 33 heavy (non-hydrogen) atoms. The molecule has 2 aromatic heterocycles. The smallest absolute Gasteiger partial charge is 0.129 e. The second-order valence-corrected chi connectivity index (χ2v) is 10.0. The van der Waals surface area contributed by atoms with E-state index in [0.717, 1.165) is 51.7 Å². The molecule has 170 valence electrons. The van der Waals surface area contributed by atoms with E-state index in [2.05, 4.69) is 71.0 Å². The van der Waals surface area contributed by atoms with E-state index in [1.54, 1.807) is 0 Å². The van der Waals surface area contributed by atoms with Gasteiger partial charge in [-0.3, -0.25) is 9.97 Å². The Kier molecular flexibility index (Phi) is 5.37. The molecule has 0 saturated carbocycles. The van der Waals surface area contributed by atoms with Crippen LogP contribution >= 0.6 is 0 Å². The van der Waals surface area contributed by atoms with Gasteiger partial charge in [-0.1, -0.05) is 13.0 Å². The Labute approximate surface area is 196 Å². The molecular formula is C29H32N2O2. The molecular weight excluding hydrogens is 408 g/mol. The largest absolute Gasteiger partial charge is 0.493 e. The van der Waals surface area contributed by atoms with Gasteiger partial charge in [-0.05, 0) is 93.6 Å². The lowest BCUT2D eigenvalue weighted by atomic mass is 9.86. The Hall–Kier alpha value is -2.98. The van der Waals surface area contributed by atoms with Crippen LogP contribution in [0.15, 0.2) is 42.6 Å². The minimum absolute atomic E-state index is 0.0345. The standard InChI is InChI=1S/C29H32N2O2/c1-7-23(33-29(4,5)6)25-17(2)16-22-20(9-8-18(3)31-22)27(25)21-10-11-24-26-19(13-15-32-24)12-14-30-28(21)26/h8-12,14,16,23H,7,13,15H2,1-6H3/t23-/m1/s1. The zero-order valence-electron chi connectivity index (χ0n) is 20.5. The number of rotatable bonds is 4. The van der Waals surface area contributed by atoms with Crippen LogP contribution in [0.1, 0.15) is 62.6 Å². The van der Waals surface area contributed by atoms with Crippen molar-refractivity contribution < 1.29 is 9.47 Å². The van der Waals surface area contributed by atoms with Gasteiger partial charge in [-0.2, -0.15) is 0 Å². The minimum atomic E-state index is -0.253. The fraction of sp³-hybridized carbons (Fsp3) is 0.379. The molecule has 0 fully saturated rings. The van der Waals surface area contributed by atoms with Crippen molar-refractivity contribution in [2.45, 2.75) is 66.1 Å². The summed E-state index contributed by atoms with van der Waals surface area (Å²) in [5, 5.41) is 2.27. The molecule has 5 rings (SSSR count). The zero-order valence-corrected chi connectivity index (χ0v) is 20.5. The van der Waals surface area contributed by atoms with Gasteiger partial charge < -0.3 is 9.47 Å². The predicted molar refractivity (Wildman–Crippen MR) is 135 cm³/mol. The number of hydrogen-bond acceptors (Lipinski definition) is 4. The summed E-state index contributed by atoms with van der Waals surface area (Å²) in [7, 11) is 0. The van der Waals surface area contributed by atoms with Crippen LogP contribution in [0.4, 0.5) is 0 Å². The third-order valence-corrected chi connectivity index (χ3v) is 6.41. The van der Waals surface area contributed by atoms with Gasteiger partial charge in [0, 0.05) is 34.6 Å². The lowest BCUT2D eigenvalue weighted by molar-refractivity contribution is -0.0630. The molecule has 0 unspecified atom stereocenters. The summed E-state index contributed by atoms with van der Waals surface area (Å²) in [6, 6.07) is 12.9. The average molecular weight is 441 g/mol. The molecule has 0 amide bonds. The normalized spacial score (nSPS) is 14.5. The van der Waals surface area contributed by atoms with Crippen molar-refractivity contribution in [2.75, 3.05) is 6.61 Å². The van der Waals surface area contributed by atoms with E-state index in [1.165, 1.54) is 22.3 Å². The molecule has 4 nitrogen and oxygen atoms in total. The quantitative estimate of drug-likeness (QED) is 0.335. The van der Waals surface area contributed by atoms with Crippen LogP contribution in [-0.2, 0) is 11.2 Å². The van der Waals surface area contributed by atoms with Gasteiger partial charge >= 0.3 is 0 Å². The van der Waals surface area contributed by atoms with E-state index in [-0.39, 0.29) is 11.7 Å². The summed E-state index contributed by atoms with van der Waals surface area (Å²) < 4.78 is 12.6. The first-order valence-electron chi connectivity index (χ1n) is 11.9. The summed E-state index contributed by atoms with van der Waals surface area (Å²) in [4.78, 5) is 9.75. The highest BCUT2D eigenvalue weighted by Crippen LogP contribution is 2.45. The Morgan fingerprint density at radius 3 is 2.67 bits per heavy atom. The maximum absolute atomic E-state index is 6.62. The number of pyridine rings is 2. The fourth-order valence-electron chi connectivity index (χ4n) is 5.11. The van der Waals surface area contributed by atoms with Gasteiger partial charge in [0.25, 0.3) is 0 Å². The number of fused-ring (bicyclic) bond motifs is 1. The van der Waals surface area contributed by atoms with Crippen LogP contribution in [0.3, 0.4) is 0 Å². The van der Waals surface area contributed by atoms with Crippen LogP contribution in [0.2, 0.25) is 0 Å². The van der Waals surface area contributed by atoms with Gasteiger partial charge in [-0.15, -0.1) is 0 Å². The number of hydrogen-bond donors (Lipinski definition) is 0. The van der Waals surface area contributed by atoms with E-state index in [4.69, 9.17) is 19.4 Å². The molecule has 4 heteroatoms. The first-order valence-corrected chi connectivity index (χ1v) is 11.9. The van der Waals surface area contributed by atoms with E-state index in [9.17, 15) is 0 Å². The summed E-state index contributed by atoms with van der Waals surface area (Å²) in [5.74, 6) is 0.925. The van der Waals surface area contributed by atoms with Gasteiger partial charge in [0.05, 0.1) is 29.3 Å². The molecule has 2 aromatic carbocycles. The third-order valence-electron chi connectivity index (χ3n) is 6.41. The molecule has 1 aliphatic heterocycles. The second kappa shape index (κ2) is 8.11. The maximum Gasteiger partial charge on any atom is 0.129 e. The lowest BCUT2D eigenvalue weighted by Gasteiger charge is -2.31. The molecule has 0 N–H and O–H groups in total. The summed E-state index contributed by atoms with van der Waals surface area (Å²) >= 11 is 0.